The summed E-state index contributed by atoms with van der Waals surface area (Å²) in [6.45, 7) is 2.56. The number of pyridine rings is 1. The number of carbonyl (C=O) groups excluding carboxylic acids is 1. The lowest BCUT2D eigenvalue weighted by Gasteiger charge is -2.36. The summed E-state index contributed by atoms with van der Waals surface area (Å²) in [7, 11) is 1.63. The molecule has 2 heterocycles. The first-order chi connectivity index (χ1) is 16.6. The summed E-state index contributed by atoms with van der Waals surface area (Å²) in [5.41, 5.74) is 2.35. The molecule has 7 heteroatoms. The predicted molar refractivity (Wildman–Crippen MR) is 133 cm³/mol. The van der Waals surface area contributed by atoms with Crippen LogP contribution in [0.4, 0.5) is 21.6 Å². The third kappa shape index (κ3) is 4.24. The number of fused-ring (bicyclic) bond motifs is 1. The van der Waals surface area contributed by atoms with Crippen molar-refractivity contribution in [1.29, 1.82) is 0 Å². The van der Waals surface area contributed by atoms with Crippen LogP contribution >= 0.6 is 0 Å². The second-order valence-corrected chi connectivity index (χ2v) is 8.15. The molecule has 0 atom stereocenters. The molecule has 0 aliphatic carbocycles. The minimum absolute atomic E-state index is 0.0358. The van der Waals surface area contributed by atoms with Crippen LogP contribution in [0.2, 0.25) is 0 Å². The molecule has 0 saturated carbocycles. The highest BCUT2D eigenvalue weighted by atomic mass is 19.1. The van der Waals surface area contributed by atoms with Crippen LogP contribution < -0.4 is 15.0 Å². The van der Waals surface area contributed by atoms with Crippen molar-refractivity contribution in [3.63, 3.8) is 0 Å². The number of piperazine rings is 1. The number of para-hydroxylation sites is 2. The first-order valence-corrected chi connectivity index (χ1v) is 11.2. The molecule has 3 aromatic carbocycles. The molecule has 0 unspecified atom stereocenters. The van der Waals surface area contributed by atoms with Crippen LogP contribution in [-0.2, 0) is 0 Å². The third-order valence-electron chi connectivity index (χ3n) is 6.14. The highest BCUT2D eigenvalue weighted by molar-refractivity contribution is 6.09. The minimum atomic E-state index is -0.249. The van der Waals surface area contributed by atoms with E-state index in [2.05, 4.69) is 15.2 Å². The van der Waals surface area contributed by atoms with Gasteiger partial charge in [0.2, 0.25) is 0 Å². The second kappa shape index (κ2) is 9.39. The number of ether oxygens (including phenoxy) is 1. The molecule has 1 aromatic heterocycles. The van der Waals surface area contributed by atoms with E-state index in [9.17, 15) is 9.18 Å². The predicted octanol–water partition coefficient (Wildman–Crippen LogP) is 5.09. The van der Waals surface area contributed by atoms with Gasteiger partial charge in [0, 0.05) is 43.4 Å². The SMILES string of the molecule is COc1ccccc1Nc1ncc(C(=O)N2CCN(c3ccc(F)cc3)CC2)c2ccccc12. The van der Waals surface area contributed by atoms with E-state index in [0.717, 1.165) is 22.1 Å². The van der Waals surface area contributed by atoms with E-state index in [1.54, 1.807) is 25.4 Å². The number of methoxy groups -OCH3 is 1. The maximum Gasteiger partial charge on any atom is 0.256 e. The lowest BCUT2D eigenvalue weighted by molar-refractivity contribution is 0.0748. The Kier molecular flexibility index (Phi) is 5.99. The largest absolute Gasteiger partial charge is 0.495 e. The molecule has 0 spiro atoms. The Labute approximate surface area is 197 Å². The van der Waals surface area contributed by atoms with Gasteiger partial charge in [-0.05, 0) is 41.8 Å². The summed E-state index contributed by atoms with van der Waals surface area (Å²) < 4.78 is 18.7. The standard InChI is InChI=1S/C27H25FN4O2/c1-34-25-9-5-4-8-24(25)30-26-22-7-3-2-6-21(22)23(18-29-26)27(33)32-16-14-31(15-17-32)20-12-10-19(28)11-13-20/h2-13,18H,14-17H2,1H3,(H,29,30). The lowest BCUT2D eigenvalue weighted by atomic mass is 10.1. The molecule has 1 N–H and O–H groups in total. The summed E-state index contributed by atoms with van der Waals surface area (Å²) in [5, 5.41) is 5.06. The third-order valence-corrected chi connectivity index (χ3v) is 6.14. The fraction of sp³-hybridized carbons (Fsp3) is 0.185. The fourth-order valence-electron chi connectivity index (χ4n) is 4.33. The van der Waals surface area contributed by atoms with Gasteiger partial charge in [0.25, 0.3) is 5.91 Å². The second-order valence-electron chi connectivity index (χ2n) is 8.15. The van der Waals surface area contributed by atoms with Crippen LogP contribution in [0.3, 0.4) is 0 Å². The normalized spacial score (nSPS) is 13.7. The molecule has 0 radical (unpaired) electrons. The summed E-state index contributed by atoms with van der Waals surface area (Å²) in [6, 6.07) is 21.9. The smallest absolute Gasteiger partial charge is 0.256 e. The van der Waals surface area contributed by atoms with E-state index in [0.29, 0.717) is 43.3 Å². The first-order valence-electron chi connectivity index (χ1n) is 11.2. The number of nitrogens with one attached hydrogen (secondary N) is 1. The van der Waals surface area contributed by atoms with Crippen molar-refractivity contribution in [2.75, 3.05) is 43.5 Å². The number of aromatic nitrogens is 1. The van der Waals surface area contributed by atoms with Crippen molar-refractivity contribution < 1.29 is 13.9 Å². The van der Waals surface area contributed by atoms with E-state index >= 15 is 0 Å². The Bertz CT molecular complexity index is 1320. The van der Waals surface area contributed by atoms with Gasteiger partial charge >= 0.3 is 0 Å². The number of hydrogen-bond acceptors (Lipinski definition) is 5. The van der Waals surface area contributed by atoms with Crippen LogP contribution in [-0.4, -0.2) is 49.1 Å². The van der Waals surface area contributed by atoms with E-state index < -0.39 is 0 Å². The Morgan fingerprint density at radius 1 is 0.912 bits per heavy atom. The average Bonchev–Trinajstić information content (AvgIpc) is 2.89. The van der Waals surface area contributed by atoms with Gasteiger partial charge in [-0.1, -0.05) is 36.4 Å². The summed E-state index contributed by atoms with van der Waals surface area (Å²) in [5.74, 6) is 1.09. The Balaban J connectivity index is 1.37. The van der Waals surface area contributed by atoms with Gasteiger partial charge in [0.1, 0.15) is 17.4 Å². The summed E-state index contributed by atoms with van der Waals surface area (Å²) in [4.78, 5) is 22.1. The molecule has 34 heavy (non-hydrogen) atoms. The zero-order valence-electron chi connectivity index (χ0n) is 18.9. The van der Waals surface area contributed by atoms with Gasteiger partial charge < -0.3 is 19.9 Å². The number of amides is 1. The van der Waals surface area contributed by atoms with Crippen LogP contribution in [0.25, 0.3) is 10.8 Å². The zero-order valence-corrected chi connectivity index (χ0v) is 18.9. The molecular formula is C27H25FN4O2. The van der Waals surface area contributed by atoms with Crippen molar-refractivity contribution in [1.82, 2.24) is 9.88 Å². The Morgan fingerprint density at radius 3 is 2.32 bits per heavy atom. The molecule has 1 aliphatic rings. The topological polar surface area (TPSA) is 57.7 Å². The van der Waals surface area contributed by atoms with Crippen molar-refractivity contribution in [3.05, 3.63) is 90.4 Å². The Hall–Kier alpha value is -4.13. The van der Waals surface area contributed by atoms with E-state index in [1.807, 2.05) is 53.4 Å². The highest BCUT2D eigenvalue weighted by Gasteiger charge is 2.24. The van der Waals surface area contributed by atoms with Crippen LogP contribution in [0.15, 0.2) is 79.0 Å². The maximum absolute atomic E-state index is 13.4. The molecule has 5 rings (SSSR count). The zero-order chi connectivity index (χ0) is 23.5. The molecule has 1 saturated heterocycles. The first kappa shape index (κ1) is 21.7. The number of nitrogens with zero attached hydrogens (tertiary/aromatic N) is 3. The quantitative estimate of drug-likeness (QED) is 0.453. The van der Waals surface area contributed by atoms with Gasteiger partial charge in [-0.3, -0.25) is 4.79 Å². The molecule has 1 fully saturated rings. The maximum atomic E-state index is 13.4. The van der Waals surface area contributed by atoms with Gasteiger partial charge in [-0.15, -0.1) is 0 Å². The molecule has 0 bridgehead atoms. The number of anilines is 3. The van der Waals surface area contributed by atoms with Crippen molar-refractivity contribution in [2.24, 2.45) is 0 Å². The summed E-state index contributed by atoms with van der Waals surface area (Å²) in [6.07, 6.45) is 1.65. The molecular weight excluding hydrogens is 431 g/mol. The average molecular weight is 457 g/mol. The van der Waals surface area contributed by atoms with Crippen LogP contribution in [0.5, 0.6) is 5.75 Å². The van der Waals surface area contributed by atoms with Crippen LogP contribution in [0, 0.1) is 5.82 Å². The van der Waals surface area contributed by atoms with Gasteiger partial charge in [-0.2, -0.15) is 0 Å². The molecule has 4 aromatic rings. The highest BCUT2D eigenvalue weighted by Crippen LogP contribution is 2.31. The van der Waals surface area contributed by atoms with Crippen molar-refractivity contribution >= 4 is 33.9 Å². The Morgan fingerprint density at radius 2 is 1.59 bits per heavy atom. The van der Waals surface area contributed by atoms with E-state index in [1.165, 1.54) is 12.1 Å². The number of benzene rings is 3. The lowest BCUT2D eigenvalue weighted by Crippen LogP contribution is -2.48. The number of halogens is 1. The van der Waals surface area contributed by atoms with Gasteiger partial charge in [0.05, 0.1) is 18.4 Å². The molecule has 172 valence electrons. The number of rotatable bonds is 5. The van der Waals surface area contributed by atoms with Gasteiger partial charge in [0.15, 0.2) is 0 Å². The van der Waals surface area contributed by atoms with Gasteiger partial charge in [-0.25, -0.2) is 9.37 Å². The molecule has 1 amide bonds. The van der Waals surface area contributed by atoms with E-state index in [-0.39, 0.29) is 11.7 Å². The molecule has 6 nitrogen and oxygen atoms in total. The monoisotopic (exact) mass is 456 g/mol. The van der Waals surface area contributed by atoms with Crippen molar-refractivity contribution in [3.8, 4) is 5.75 Å². The van der Waals surface area contributed by atoms with Crippen molar-refractivity contribution in [2.45, 2.75) is 0 Å². The minimum Gasteiger partial charge on any atom is -0.495 e. The van der Waals surface area contributed by atoms with E-state index in [4.69, 9.17) is 4.74 Å². The fourth-order valence-corrected chi connectivity index (χ4v) is 4.33. The number of hydrogen-bond donors (Lipinski definition) is 1. The molecule has 1 aliphatic heterocycles. The summed E-state index contributed by atoms with van der Waals surface area (Å²) >= 11 is 0. The van der Waals surface area contributed by atoms with Crippen LogP contribution in [0.1, 0.15) is 10.4 Å². The number of carbonyl (C=O) groups is 1.